The van der Waals surface area contributed by atoms with Crippen molar-refractivity contribution in [3.63, 3.8) is 0 Å². The molecule has 0 saturated carbocycles. The average Bonchev–Trinajstić information content (AvgIpc) is 2.72. The topological polar surface area (TPSA) is 47.2 Å². The van der Waals surface area contributed by atoms with Gasteiger partial charge in [-0.3, -0.25) is 14.3 Å². The van der Waals surface area contributed by atoms with Crippen molar-refractivity contribution in [1.29, 1.82) is 0 Å². The van der Waals surface area contributed by atoms with Gasteiger partial charge in [0.2, 0.25) is 5.91 Å². The lowest BCUT2D eigenvalue weighted by Gasteiger charge is -2.24. The number of carbonyl (C=O) groups is 1. The first kappa shape index (κ1) is 14.4. The van der Waals surface area contributed by atoms with Crippen LogP contribution in [0.2, 0.25) is 0 Å². The summed E-state index contributed by atoms with van der Waals surface area (Å²) in [4.78, 5) is 26.7. The minimum atomic E-state index is -0.500. The molecule has 20 heavy (non-hydrogen) atoms. The van der Waals surface area contributed by atoms with Gasteiger partial charge in [-0.2, -0.15) is 0 Å². The van der Waals surface area contributed by atoms with E-state index in [2.05, 4.69) is 0 Å². The first-order valence-electron chi connectivity index (χ1n) is 6.97. The summed E-state index contributed by atoms with van der Waals surface area (Å²) in [7, 11) is 1.82. The van der Waals surface area contributed by atoms with E-state index in [9.17, 15) is 9.59 Å². The van der Waals surface area contributed by atoms with Crippen LogP contribution in [0.4, 0.5) is 0 Å². The fourth-order valence-electron chi connectivity index (χ4n) is 2.65. The van der Waals surface area contributed by atoms with Gasteiger partial charge in [0.1, 0.15) is 6.04 Å². The smallest absolute Gasteiger partial charge is 0.275 e. The summed E-state index contributed by atoms with van der Waals surface area (Å²) in [5, 5.41) is 0.647. The molecule has 0 aliphatic rings. The highest BCUT2D eigenvalue weighted by molar-refractivity contribution is 5.82. The van der Waals surface area contributed by atoms with Gasteiger partial charge in [0.25, 0.3) is 5.56 Å². The number of rotatable bonds is 4. The minimum absolute atomic E-state index is 0.0250. The predicted octanol–water partition coefficient (Wildman–Crippen LogP) is 1.77. The molecule has 0 spiro atoms. The van der Waals surface area contributed by atoms with E-state index in [-0.39, 0.29) is 11.5 Å². The quantitative estimate of drug-likeness (QED) is 0.853. The Morgan fingerprint density at radius 3 is 2.40 bits per heavy atom. The number of carbonyl (C=O) groups excluding carboxylic acids is 1. The lowest BCUT2D eigenvalue weighted by Crippen LogP contribution is -2.40. The second kappa shape index (κ2) is 5.53. The van der Waals surface area contributed by atoms with E-state index in [1.165, 1.54) is 4.68 Å². The molecule has 0 radical (unpaired) electrons. The van der Waals surface area contributed by atoms with Gasteiger partial charge in [-0.05, 0) is 32.9 Å². The number of fused-ring (bicyclic) bond motifs is 1. The Morgan fingerprint density at radius 2 is 1.85 bits per heavy atom. The lowest BCUT2D eigenvalue weighted by molar-refractivity contribution is -0.134. The van der Waals surface area contributed by atoms with Crippen molar-refractivity contribution < 1.29 is 4.79 Å². The second-order valence-corrected chi connectivity index (χ2v) is 4.88. The van der Waals surface area contributed by atoms with E-state index in [1.807, 2.05) is 39.1 Å². The number of para-hydroxylation sites is 1. The summed E-state index contributed by atoms with van der Waals surface area (Å²) >= 11 is 0. The van der Waals surface area contributed by atoms with Crippen LogP contribution in [0.25, 0.3) is 10.9 Å². The number of amides is 1. The van der Waals surface area contributed by atoms with Crippen LogP contribution in [0.3, 0.4) is 0 Å². The standard InChI is InChI=1S/C15H21N3O2/c1-5-17(6-2)14(19)11(3)18-15(20)12-9-7-8-10-13(12)16(18)4/h7-11H,5-6H2,1-4H3/t11-/m0/s1. The van der Waals surface area contributed by atoms with Crippen LogP contribution < -0.4 is 5.56 Å². The van der Waals surface area contributed by atoms with E-state index in [0.29, 0.717) is 18.5 Å². The van der Waals surface area contributed by atoms with Crippen molar-refractivity contribution in [3.8, 4) is 0 Å². The van der Waals surface area contributed by atoms with Crippen LogP contribution in [0, 0.1) is 0 Å². The number of benzene rings is 1. The van der Waals surface area contributed by atoms with Crippen LogP contribution in [0.5, 0.6) is 0 Å². The van der Waals surface area contributed by atoms with Crippen molar-refractivity contribution in [2.45, 2.75) is 26.8 Å². The number of hydrogen-bond acceptors (Lipinski definition) is 2. The second-order valence-electron chi connectivity index (χ2n) is 4.88. The van der Waals surface area contributed by atoms with Gasteiger partial charge in [0, 0.05) is 20.1 Å². The van der Waals surface area contributed by atoms with E-state index in [1.54, 1.807) is 22.6 Å². The molecule has 0 bridgehead atoms. The van der Waals surface area contributed by atoms with Gasteiger partial charge in [-0.25, -0.2) is 4.68 Å². The van der Waals surface area contributed by atoms with Crippen molar-refractivity contribution in [2.75, 3.05) is 13.1 Å². The van der Waals surface area contributed by atoms with E-state index < -0.39 is 6.04 Å². The molecule has 1 heterocycles. The van der Waals surface area contributed by atoms with Crippen molar-refractivity contribution >= 4 is 16.8 Å². The van der Waals surface area contributed by atoms with Crippen LogP contribution >= 0.6 is 0 Å². The Balaban J connectivity index is 2.53. The number of nitrogens with zero attached hydrogens (tertiary/aromatic N) is 3. The third-order valence-corrected chi connectivity index (χ3v) is 3.81. The first-order chi connectivity index (χ1) is 9.52. The molecular formula is C15H21N3O2. The molecule has 1 aromatic heterocycles. The van der Waals surface area contributed by atoms with Gasteiger partial charge in [0.05, 0.1) is 10.9 Å². The zero-order valence-electron chi connectivity index (χ0n) is 12.5. The van der Waals surface area contributed by atoms with Crippen molar-refractivity contribution in [3.05, 3.63) is 34.6 Å². The molecule has 0 N–H and O–H groups in total. The summed E-state index contributed by atoms with van der Waals surface area (Å²) in [5.41, 5.74) is 0.729. The predicted molar refractivity (Wildman–Crippen MR) is 79.8 cm³/mol. The third-order valence-electron chi connectivity index (χ3n) is 3.81. The molecule has 5 nitrogen and oxygen atoms in total. The van der Waals surface area contributed by atoms with Gasteiger partial charge in [-0.15, -0.1) is 0 Å². The normalized spacial score (nSPS) is 12.6. The zero-order chi connectivity index (χ0) is 14.9. The Morgan fingerprint density at radius 1 is 1.25 bits per heavy atom. The molecule has 1 atom stereocenters. The molecular weight excluding hydrogens is 254 g/mol. The molecule has 0 aliphatic heterocycles. The van der Waals surface area contributed by atoms with Gasteiger partial charge in [0.15, 0.2) is 0 Å². The van der Waals surface area contributed by atoms with Gasteiger partial charge >= 0.3 is 0 Å². The Hall–Kier alpha value is -2.04. The molecule has 108 valence electrons. The summed E-state index contributed by atoms with van der Waals surface area (Å²) in [5.74, 6) is -0.0250. The van der Waals surface area contributed by atoms with Crippen LogP contribution in [0.15, 0.2) is 29.1 Å². The Labute approximate surface area is 118 Å². The molecule has 1 amide bonds. The highest BCUT2D eigenvalue weighted by Gasteiger charge is 2.24. The molecule has 1 aromatic carbocycles. The van der Waals surface area contributed by atoms with E-state index in [4.69, 9.17) is 0 Å². The summed E-state index contributed by atoms with van der Waals surface area (Å²) in [6, 6.07) is 6.92. The Bertz CT molecular complexity index is 680. The van der Waals surface area contributed by atoms with Gasteiger partial charge < -0.3 is 4.90 Å². The molecule has 2 aromatic rings. The highest BCUT2D eigenvalue weighted by atomic mass is 16.2. The fourth-order valence-corrected chi connectivity index (χ4v) is 2.65. The van der Waals surface area contributed by atoms with E-state index >= 15 is 0 Å². The summed E-state index contributed by atoms with van der Waals surface area (Å²) in [6.07, 6.45) is 0. The molecule has 5 heteroatoms. The van der Waals surface area contributed by atoms with Gasteiger partial charge in [-0.1, -0.05) is 12.1 Å². The minimum Gasteiger partial charge on any atom is -0.341 e. The lowest BCUT2D eigenvalue weighted by atomic mass is 10.2. The van der Waals surface area contributed by atoms with Crippen LogP contribution in [0.1, 0.15) is 26.8 Å². The molecule has 0 fully saturated rings. The van der Waals surface area contributed by atoms with Crippen LogP contribution in [-0.2, 0) is 11.8 Å². The maximum Gasteiger partial charge on any atom is 0.275 e. The summed E-state index contributed by atoms with van der Waals surface area (Å²) in [6.45, 7) is 6.97. The molecule has 2 rings (SSSR count). The number of hydrogen-bond donors (Lipinski definition) is 0. The Kier molecular flexibility index (Phi) is 3.97. The molecule has 0 saturated heterocycles. The number of aromatic nitrogens is 2. The summed E-state index contributed by atoms with van der Waals surface area (Å²) < 4.78 is 3.30. The molecule has 0 unspecified atom stereocenters. The van der Waals surface area contributed by atoms with Crippen molar-refractivity contribution in [1.82, 2.24) is 14.3 Å². The zero-order valence-corrected chi connectivity index (χ0v) is 12.5. The number of likely N-dealkylation sites (N-methyl/N-ethyl adjacent to an activating group) is 1. The van der Waals surface area contributed by atoms with E-state index in [0.717, 1.165) is 5.52 Å². The average molecular weight is 275 g/mol. The highest BCUT2D eigenvalue weighted by Crippen LogP contribution is 2.14. The first-order valence-corrected chi connectivity index (χ1v) is 6.97. The maximum absolute atomic E-state index is 12.5. The van der Waals surface area contributed by atoms with Crippen molar-refractivity contribution in [2.24, 2.45) is 7.05 Å². The number of aryl methyl sites for hydroxylation is 1. The largest absolute Gasteiger partial charge is 0.341 e. The third kappa shape index (κ3) is 2.13. The molecule has 0 aliphatic carbocycles. The SMILES string of the molecule is CCN(CC)C(=O)[C@H](C)n1c(=O)c2ccccc2n1C. The fraction of sp³-hybridized carbons (Fsp3) is 0.467. The monoisotopic (exact) mass is 275 g/mol. The maximum atomic E-state index is 12.5. The van der Waals surface area contributed by atoms with Crippen LogP contribution in [-0.4, -0.2) is 33.3 Å².